The van der Waals surface area contributed by atoms with Crippen LogP contribution in [-0.4, -0.2) is 35.8 Å². The van der Waals surface area contributed by atoms with Crippen molar-refractivity contribution in [2.75, 3.05) is 6.26 Å². The third kappa shape index (κ3) is 5.29. The predicted octanol–water partition coefficient (Wildman–Crippen LogP) is 4.43. The van der Waals surface area contributed by atoms with E-state index in [1.807, 2.05) is 19.1 Å². The first-order chi connectivity index (χ1) is 14.1. The molecule has 0 atom stereocenters. The number of rotatable bonds is 6. The van der Waals surface area contributed by atoms with Crippen molar-refractivity contribution < 1.29 is 18.3 Å². The normalized spacial score (nSPS) is 11.3. The van der Waals surface area contributed by atoms with Crippen molar-refractivity contribution in [3.8, 4) is 11.1 Å². The van der Waals surface area contributed by atoms with Gasteiger partial charge in [-0.15, -0.1) is 0 Å². The van der Waals surface area contributed by atoms with E-state index >= 15 is 0 Å². The van der Waals surface area contributed by atoms with E-state index in [9.17, 15) is 13.2 Å². The number of pyridine rings is 2. The largest absolute Gasteiger partial charge is 0.465 e. The SMILES string of the molecule is Cc1cccnc1Sc1c(Cl)cc(-c2cncc(S(C)(=O)=O)c2)cc1CNC(=O)O. The summed E-state index contributed by atoms with van der Waals surface area (Å²) in [5.41, 5.74) is 2.79. The van der Waals surface area contributed by atoms with Crippen molar-refractivity contribution in [2.24, 2.45) is 0 Å². The number of nitrogens with zero attached hydrogens (tertiary/aromatic N) is 2. The summed E-state index contributed by atoms with van der Waals surface area (Å²) in [6, 6.07) is 8.74. The van der Waals surface area contributed by atoms with Crippen LogP contribution in [-0.2, 0) is 16.4 Å². The molecule has 0 aliphatic heterocycles. The van der Waals surface area contributed by atoms with Gasteiger partial charge in [0, 0.05) is 41.8 Å². The summed E-state index contributed by atoms with van der Waals surface area (Å²) in [6.45, 7) is 1.95. The standard InChI is InChI=1S/C20H18ClN3O4S2/c1-12-4-3-5-23-19(12)29-18-15(10-24-20(25)26)6-13(8-17(18)21)14-7-16(11-22-9-14)30(2,27)28/h3-9,11,24H,10H2,1-2H3,(H,25,26). The van der Waals surface area contributed by atoms with Gasteiger partial charge in [0.1, 0.15) is 5.03 Å². The van der Waals surface area contributed by atoms with Crippen molar-refractivity contribution in [3.05, 3.63) is 65.1 Å². The summed E-state index contributed by atoms with van der Waals surface area (Å²) in [4.78, 5) is 20.2. The Labute approximate surface area is 183 Å². The van der Waals surface area contributed by atoms with Crippen LogP contribution in [0.25, 0.3) is 11.1 Å². The fourth-order valence-electron chi connectivity index (χ4n) is 2.69. The highest BCUT2D eigenvalue weighted by Crippen LogP contribution is 2.39. The number of nitrogens with one attached hydrogen (secondary N) is 1. The Balaban J connectivity index is 2.09. The van der Waals surface area contributed by atoms with Crippen molar-refractivity contribution in [2.45, 2.75) is 28.3 Å². The topological polar surface area (TPSA) is 109 Å². The Morgan fingerprint density at radius 3 is 2.67 bits per heavy atom. The van der Waals surface area contributed by atoms with E-state index in [2.05, 4.69) is 15.3 Å². The molecule has 7 nitrogen and oxygen atoms in total. The maximum atomic E-state index is 11.9. The molecule has 1 amide bonds. The Bertz CT molecular complexity index is 1220. The number of aromatic nitrogens is 2. The van der Waals surface area contributed by atoms with Gasteiger partial charge in [0.05, 0.1) is 9.92 Å². The minimum absolute atomic E-state index is 0.0241. The second-order valence-corrected chi connectivity index (χ2v) is 9.94. The molecule has 0 fully saturated rings. The second kappa shape index (κ2) is 9.03. The number of aryl methyl sites for hydroxylation is 1. The van der Waals surface area contributed by atoms with Gasteiger partial charge in [0.2, 0.25) is 0 Å². The van der Waals surface area contributed by atoms with Gasteiger partial charge in [-0.25, -0.2) is 18.2 Å². The first-order valence-electron chi connectivity index (χ1n) is 8.69. The van der Waals surface area contributed by atoms with Gasteiger partial charge in [-0.2, -0.15) is 0 Å². The highest BCUT2D eigenvalue weighted by Gasteiger charge is 2.16. The minimum atomic E-state index is -3.43. The molecule has 3 rings (SSSR count). The molecule has 3 aromatic rings. The van der Waals surface area contributed by atoms with Crippen molar-refractivity contribution in [1.82, 2.24) is 15.3 Å². The first-order valence-corrected chi connectivity index (χ1v) is 11.8. The van der Waals surface area contributed by atoms with Gasteiger partial charge in [-0.05, 0) is 47.9 Å². The Morgan fingerprint density at radius 2 is 2.00 bits per heavy atom. The number of halogens is 1. The molecule has 2 heterocycles. The van der Waals surface area contributed by atoms with Crippen LogP contribution < -0.4 is 5.32 Å². The molecule has 0 spiro atoms. The zero-order valence-corrected chi connectivity index (χ0v) is 18.5. The number of sulfone groups is 1. The highest BCUT2D eigenvalue weighted by molar-refractivity contribution is 7.99. The maximum absolute atomic E-state index is 11.9. The molecule has 0 bridgehead atoms. The summed E-state index contributed by atoms with van der Waals surface area (Å²) in [6.07, 6.45) is 4.43. The number of benzene rings is 1. The lowest BCUT2D eigenvalue weighted by molar-refractivity contribution is 0.194. The van der Waals surface area contributed by atoms with Crippen LogP contribution >= 0.6 is 23.4 Å². The molecule has 0 aliphatic rings. The van der Waals surface area contributed by atoms with Gasteiger partial charge in [-0.1, -0.05) is 29.4 Å². The van der Waals surface area contributed by atoms with Crippen LogP contribution in [0.4, 0.5) is 4.79 Å². The highest BCUT2D eigenvalue weighted by atomic mass is 35.5. The Kier molecular flexibility index (Phi) is 6.64. The smallest absolute Gasteiger partial charge is 0.404 e. The van der Waals surface area contributed by atoms with Crippen LogP contribution in [0.1, 0.15) is 11.1 Å². The number of amides is 1. The van der Waals surface area contributed by atoms with Gasteiger partial charge in [-0.3, -0.25) is 4.98 Å². The molecule has 30 heavy (non-hydrogen) atoms. The second-order valence-electron chi connectivity index (χ2n) is 6.51. The van der Waals surface area contributed by atoms with Crippen LogP contribution in [0.3, 0.4) is 0 Å². The van der Waals surface area contributed by atoms with E-state index in [0.29, 0.717) is 26.6 Å². The third-order valence-corrected chi connectivity index (χ3v) is 6.98. The fourth-order valence-corrected chi connectivity index (χ4v) is 4.59. The molecule has 0 saturated carbocycles. The van der Waals surface area contributed by atoms with E-state index < -0.39 is 15.9 Å². The van der Waals surface area contributed by atoms with Gasteiger partial charge >= 0.3 is 6.09 Å². The molecule has 0 saturated heterocycles. The van der Waals surface area contributed by atoms with E-state index in [4.69, 9.17) is 16.7 Å². The number of hydrogen-bond acceptors (Lipinski definition) is 6. The molecular formula is C20H18ClN3O4S2. The molecular weight excluding hydrogens is 446 g/mol. The summed E-state index contributed by atoms with van der Waals surface area (Å²) in [7, 11) is -3.43. The van der Waals surface area contributed by atoms with E-state index in [1.54, 1.807) is 18.3 Å². The number of carboxylic acid groups (broad SMARTS) is 1. The molecule has 1 aromatic carbocycles. The van der Waals surface area contributed by atoms with E-state index in [-0.39, 0.29) is 11.4 Å². The first kappa shape index (κ1) is 22.1. The lowest BCUT2D eigenvalue weighted by Gasteiger charge is -2.15. The van der Waals surface area contributed by atoms with Crippen LogP contribution in [0.5, 0.6) is 0 Å². The lowest BCUT2D eigenvalue weighted by atomic mass is 10.0. The van der Waals surface area contributed by atoms with Crippen molar-refractivity contribution in [3.63, 3.8) is 0 Å². The van der Waals surface area contributed by atoms with E-state index in [1.165, 1.54) is 30.2 Å². The summed E-state index contributed by atoms with van der Waals surface area (Å²) in [5, 5.41) is 12.5. The molecule has 2 aromatic heterocycles. The Morgan fingerprint density at radius 1 is 1.23 bits per heavy atom. The van der Waals surface area contributed by atoms with Crippen LogP contribution in [0, 0.1) is 6.92 Å². The molecule has 0 unspecified atom stereocenters. The number of carbonyl (C=O) groups is 1. The predicted molar refractivity (Wildman–Crippen MR) is 116 cm³/mol. The summed E-state index contributed by atoms with van der Waals surface area (Å²) in [5.74, 6) is 0. The molecule has 0 radical (unpaired) electrons. The molecule has 156 valence electrons. The zero-order chi connectivity index (χ0) is 21.9. The molecule has 2 N–H and O–H groups in total. The average molecular weight is 464 g/mol. The van der Waals surface area contributed by atoms with Crippen LogP contribution in [0.15, 0.2) is 63.7 Å². The van der Waals surface area contributed by atoms with Gasteiger partial charge < -0.3 is 10.4 Å². The van der Waals surface area contributed by atoms with Crippen LogP contribution in [0.2, 0.25) is 5.02 Å². The van der Waals surface area contributed by atoms with Gasteiger partial charge in [0.15, 0.2) is 9.84 Å². The summed E-state index contributed by atoms with van der Waals surface area (Å²) >= 11 is 7.91. The van der Waals surface area contributed by atoms with Crippen molar-refractivity contribution in [1.29, 1.82) is 0 Å². The fraction of sp³-hybridized carbons (Fsp3) is 0.150. The Hall–Kier alpha value is -2.62. The third-order valence-electron chi connectivity index (χ3n) is 4.19. The zero-order valence-electron chi connectivity index (χ0n) is 16.1. The summed E-state index contributed by atoms with van der Waals surface area (Å²) < 4.78 is 23.7. The monoisotopic (exact) mass is 463 g/mol. The molecule has 0 aliphatic carbocycles. The number of hydrogen-bond donors (Lipinski definition) is 2. The van der Waals surface area contributed by atoms with Gasteiger partial charge in [0.25, 0.3) is 0 Å². The van der Waals surface area contributed by atoms with E-state index in [0.717, 1.165) is 16.8 Å². The lowest BCUT2D eigenvalue weighted by Crippen LogP contribution is -2.20. The maximum Gasteiger partial charge on any atom is 0.404 e. The minimum Gasteiger partial charge on any atom is -0.465 e. The molecule has 10 heteroatoms. The quantitative estimate of drug-likeness (QED) is 0.556. The average Bonchev–Trinajstić information content (AvgIpc) is 2.69. The van der Waals surface area contributed by atoms with Crippen molar-refractivity contribution >= 4 is 39.3 Å².